The number of halogens is 2. The third-order valence-corrected chi connectivity index (χ3v) is 7.01. The summed E-state index contributed by atoms with van der Waals surface area (Å²) in [7, 11) is 0. The Morgan fingerprint density at radius 2 is 2.03 bits per heavy atom. The van der Waals surface area contributed by atoms with Gasteiger partial charge in [0.15, 0.2) is 0 Å². The van der Waals surface area contributed by atoms with E-state index in [-0.39, 0.29) is 11.5 Å². The first-order valence-electron chi connectivity index (χ1n) is 9.16. The highest BCUT2D eigenvalue weighted by atomic mass is 35.5. The molecule has 1 amide bonds. The number of nitrogens with one attached hydrogen (secondary N) is 1. The largest absolute Gasteiger partial charge is 0.465 e. The number of hydrogen-bond acceptors (Lipinski definition) is 5. The number of carbonyl (C=O) groups is 1. The van der Waals surface area contributed by atoms with Crippen LogP contribution in [-0.4, -0.2) is 27.2 Å². The van der Waals surface area contributed by atoms with E-state index in [9.17, 15) is 14.3 Å². The summed E-state index contributed by atoms with van der Waals surface area (Å²) in [5, 5.41) is 12.2. The fourth-order valence-corrected chi connectivity index (χ4v) is 5.60. The predicted molar refractivity (Wildman–Crippen MR) is 119 cm³/mol. The summed E-state index contributed by atoms with van der Waals surface area (Å²) in [5.74, 6) is -0.549. The fourth-order valence-electron chi connectivity index (χ4n) is 2.85. The number of thiophene rings is 1. The SMILES string of the molecule is CC(C)(C)C(Cc1cc(-c2cccnc2F)c(Sc2ccnc(Cl)c2)s1)NC(=O)O. The van der Waals surface area contributed by atoms with E-state index in [1.165, 1.54) is 29.3 Å². The standard InChI is InChI=1S/C21H21ClFN3O2S2/c1-21(2,3)16(26-20(27)28)10-13-9-15(14-5-4-7-25-18(14)23)19(30-13)29-12-6-8-24-17(22)11-12/h4-9,11,16,26H,10H2,1-3H3,(H,27,28). The van der Waals surface area contributed by atoms with Gasteiger partial charge in [-0.05, 0) is 35.7 Å². The molecular formula is C21H21ClFN3O2S2. The van der Waals surface area contributed by atoms with Crippen LogP contribution < -0.4 is 5.32 Å². The van der Waals surface area contributed by atoms with Gasteiger partial charge in [-0.3, -0.25) is 0 Å². The van der Waals surface area contributed by atoms with Crippen LogP contribution in [0.4, 0.5) is 9.18 Å². The van der Waals surface area contributed by atoms with Crippen LogP contribution in [0.5, 0.6) is 0 Å². The molecule has 0 saturated carbocycles. The maximum atomic E-state index is 14.5. The van der Waals surface area contributed by atoms with Gasteiger partial charge in [0.25, 0.3) is 0 Å². The van der Waals surface area contributed by atoms with Crippen LogP contribution >= 0.6 is 34.7 Å². The zero-order valence-electron chi connectivity index (χ0n) is 16.6. The number of amides is 1. The summed E-state index contributed by atoms with van der Waals surface area (Å²) >= 11 is 8.98. The molecule has 30 heavy (non-hydrogen) atoms. The third kappa shape index (κ3) is 5.71. The molecule has 1 atom stereocenters. The zero-order valence-corrected chi connectivity index (χ0v) is 19.0. The molecule has 0 saturated heterocycles. The van der Waals surface area contributed by atoms with Crippen LogP contribution in [-0.2, 0) is 6.42 Å². The van der Waals surface area contributed by atoms with Crippen molar-refractivity contribution in [1.29, 1.82) is 0 Å². The first-order valence-corrected chi connectivity index (χ1v) is 11.2. The van der Waals surface area contributed by atoms with E-state index < -0.39 is 12.0 Å². The number of aromatic nitrogens is 2. The summed E-state index contributed by atoms with van der Waals surface area (Å²) in [6.45, 7) is 5.95. The molecule has 0 spiro atoms. The van der Waals surface area contributed by atoms with Crippen LogP contribution in [0.3, 0.4) is 0 Å². The summed E-state index contributed by atoms with van der Waals surface area (Å²) < 4.78 is 15.3. The van der Waals surface area contributed by atoms with E-state index in [1.54, 1.807) is 24.4 Å². The van der Waals surface area contributed by atoms with E-state index in [1.807, 2.05) is 32.9 Å². The summed E-state index contributed by atoms with van der Waals surface area (Å²) in [6.07, 6.45) is 2.46. The molecule has 3 heterocycles. The fraction of sp³-hybridized carbons (Fsp3) is 0.286. The van der Waals surface area contributed by atoms with Gasteiger partial charge in [0, 0.05) is 45.8 Å². The first kappa shape index (κ1) is 22.5. The molecule has 0 bridgehead atoms. The van der Waals surface area contributed by atoms with Crippen LogP contribution in [0, 0.1) is 11.4 Å². The third-order valence-electron chi connectivity index (χ3n) is 4.46. The van der Waals surface area contributed by atoms with Crippen molar-refractivity contribution in [2.24, 2.45) is 5.41 Å². The van der Waals surface area contributed by atoms with E-state index in [2.05, 4.69) is 15.3 Å². The molecule has 0 fully saturated rings. The van der Waals surface area contributed by atoms with Gasteiger partial charge < -0.3 is 10.4 Å². The molecule has 2 N–H and O–H groups in total. The highest BCUT2D eigenvalue weighted by molar-refractivity contribution is 8.01. The maximum absolute atomic E-state index is 14.5. The second kappa shape index (κ2) is 9.32. The van der Waals surface area contributed by atoms with E-state index in [4.69, 9.17) is 11.6 Å². The van der Waals surface area contributed by atoms with Gasteiger partial charge in [0.2, 0.25) is 5.95 Å². The van der Waals surface area contributed by atoms with Crippen LogP contribution in [0.25, 0.3) is 11.1 Å². The molecule has 3 rings (SSSR count). The summed E-state index contributed by atoms with van der Waals surface area (Å²) in [5.41, 5.74) is 0.844. The number of hydrogen-bond donors (Lipinski definition) is 2. The molecule has 3 aromatic heterocycles. The molecule has 9 heteroatoms. The van der Waals surface area contributed by atoms with Crippen molar-refractivity contribution < 1.29 is 14.3 Å². The van der Waals surface area contributed by atoms with Crippen LogP contribution in [0.15, 0.2) is 51.8 Å². The molecule has 158 valence electrons. The minimum Gasteiger partial charge on any atom is -0.465 e. The van der Waals surface area contributed by atoms with Crippen molar-refractivity contribution in [3.8, 4) is 11.1 Å². The lowest BCUT2D eigenvalue weighted by Gasteiger charge is -2.30. The van der Waals surface area contributed by atoms with E-state index in [0.717, 1.165) is 19.5 Å². The molecule has 0 aliphatic carbocycles. The monoisotopic (exact) mass is 465 g/mol. The molecule has 5 nitrogen and oxygen atoms in total. The Hall–Kier alpha value is -2.16. The van der Waals surface area contributed by atoms with Gasteiger partial charge in [-0.2, -0.15) is 4.39 Å². The summed E-state index contributed by atoms with van der Waals surface area (Å²) in [4.78, 5) is 20.9. The Morgan fingerprint density at radius 1 is 1.27 bits per heavy atom. The Labute approximate surface area is 187 Å². The van der Waals surface area contributed by atoms with Crippen LogP contribution in [0.2, 0.25) is 5.15 Å². The first-order chi connectivity index (χ1) is 14.1. The average Bonchev–Trinajstić information content (AvgIpc) is 3.02. The van der Waals surface area contributed by atoms with Gasteiger partial charge in [-0.1, -0.05) is 44.1 Å². The van der Waals surface area contributed by atoms with Gasteiger partial charge >= 0.3 is 6.09 Å². The maximum Gasteiger partial charge on any atom is 0.404 e. The molecule has 0 radical (unpaired) electrons. The van der Waals surface area contributed by atoms with Gasteiger partial charge in [0.05, 0.1) is 4.21 Å². The summed E-state index contributed by atoms with van der Waals surface area (Å²) in [6, 6.07) is 8.58. The average molecular weight is 466 g/mol. The van der Waals surface area contributed by atoms with Crippen molar-refractivity contribution in [3.05, 3.63) is 58.7 Å². The smallest absolute Gasteiger partial charge is 0.404 e. The van der Waals surface area contributed by atoms with Crippen molar-refractivity contribution in [3.63, 3.8) is 0 Å². The topological polar surface area (TPSA) is 75.1 Å². The minimum absolute atomic E-state index is 0.284. The van der Waals surface area contributed by atoms with Crippen molar-refractivity contribution in [2.75, 3.05) is 0 Å². The number of pyridine rings is 2. The Kier molecular flexibility index (Phi) is 7.00. The van der Waals surface area contributed by atoms with Crippen molar-refractivity contribution in [1.82, 2.24) is 15.3 Å². The molecule has 0 aliphatic rings. The number of nitrogens with zero attached hydrogens (tertiary/aromatic N) is 2. The lowest BCUT2D eigenvalue weighted by molar-refractivity contribution is 0.174. The zero-order chi connectivity index (χ0) is 21.9. The Balaban J connectivity index is 2.01. The van der Waals surface area contributed by atoms with E-state index in [0.29, 0.717) is 17.1 Å². The second-order valence-electron chi connectivity index (χ2n) is 7.74. The van der Waals surface area contributed by atoms with Crippen molar-refractivity contribution in [2.45, 2.75) is 42.3 Å². The van der Waals surface area contributed by atoms with Crippen molar-refractivity contribution >= 4 is 40.8 Å². The van der Waals surface area contributed by atoms with Gasteiger partial charge in [-0.25, -0.2) is 14.8 Å². The minimum atomic E-state index is -1.06. The van der Waals surface area contributed by atoms with Gasteiger partial charge in [0.1, 0.15) is 5.15 Å². The number of rotatable bonds is 6. The lowest BCUT2D eigenvalue weighted by Crippen LogP contribution is -2.44. The number of carboxylic acid groups (broad SMARTS) is 1. The Bertz CT molecular complexity index is 1050. The Morgan fingerprint density at radius 3 is 2.67 bits per heavy atom. The normalized spacial score (nSPS) is 12.6. The second-order valence-corrected chi connectivity index (χ2v) is 10.6. The van der Waals surface area contributed by atoms with Crippen LogP contribution in [0.1, 0.15) is 25.6 Å². The van der Waals surface area contributed by atoms with Gasteiger partial charge in [-0.15, -0.1) is 11.3 Å². The van der Waals surface area contributed by atoms with E-state index >= 15 is 0 Å². The lowest BCUT2D eigenvalue weighted by atomic mass is 9.84. The highest BCUT2D eigenvalue weighted by Gasteiger charge is 2.28. The molecule has 0 aliphatic heterocycles. The molecular weight excluding hydrogens is 445 g/mol. The molecule has 3 aromatic rings. The quantitative estimate of drug-likeness (QED) is 0.413. The molecule has 1 unspecified atom stereocenters. The highest BCUT2D eigenvalue weighted by Crippen LogP contribution is 2.43. The molecule has 0 aromatic carbocycles. The predicted octanol–water partition coefficient (Wildman–Crippen LogP) is 6.37.